The van der Waals surface area contributed by atoms with E-state index >= 15 is 0 Å². The number of aliphatic carboxylic acids is 4. The molecule has 0 aromatic rings. The van der Waals surface area contributed by atoms with Crippen LogP contribution in [0.25, 0.3) is 0 Å². The number of carboxylic acid groups (broad SMARTS) is 4. The molecule has 0 spiro atoms. The molecule has 0 aliphatic heterocycles. The Kier molecular flexibility index (Phi) is 16.5. The minimum absolute atomic E-state index is 0. The summed E-state index contributed by atoms with van der Waals surface area (Å²) in [6.45, 7) is 1.13. The van der Waals surface area contributed by atoms with E-state index in [1.807, 2.05) is 0 Å². The Balaban J connectivity index is -0.000000156. The average Bonchev–Trinajstić information content (AvgIpc) is 2.14. The maximum absolute atomic E-state index is 10.1. The van der Waals surface area contributed by atoms with Crippen molar-refractivity contribution in [3.8, 4) is 0 Å². The van der Waals surface area contributed by atoms with Gasteiger partial charge in [0.2, 0.25) is 0 Å². The van der Waals surface area contributed by atoms with Crippen LogP contribution in [-0.2, 0) is 45.4 Å². The van der Waals surface area contributed by atoms with Crippen LogP contribution in [0.15, 0.2) is 0 Å². The van der Waals surface area contributed by atoms with Crippen molar-refractivity contribution in [2.75, 3.05) is 0 Å². The first-order valence-corrected chi connectivity index (χ1v) is 4.65. The molecule has 0 aliphatic rings. The van der Waals surface area contributed by atoms with Crippen LogP contribution in [-0.4, -0.2) is 45.8 Å². The number of carboxylic acids is 4. The molecule has 0 aromatic heterocycles. The summed E-state index contributed by atoms with van der Waals surface area (Å²) in [6, 6.07) is 0. The Morgan fingerprint density at radius 3 is 1.33 bits per heavy atom. The van der Waals surface area contributed by atoms with Crippen LogP contribution < -0.4 is 26.6 Å². The van der Waals surface area contributed by atoms with Crippen molar-refractivity contribution in [3.05, 3.63) is 0 Å². The molecule has 0 rings (SSSR count). The monoisotopic (exact) mass is 386 g/mol. The molecule has 119 valence electrons. The maximum atomic E-state index is 10.1. The molecule has 21 heavy (non-hydrogen) atoms. The Morgan fingerprint density at radius 2 is 1.24 bits per heavy atom. The zero-order chi connectivity index (χ0) is 15.8. The second kappa shape index (κ2) is 12.4. The van der Waals surface area contributed by atoms with Crippen LogP contribution in [0, 0.1) is 0 Å². The molecule has 0 amide bonds. The minimum Gasteiger partial charge on any atom is -0.550 e. The standard InChI is InChI=1S/C6H8O7.C3H6O3.H3N.Zr/c7-3(8)1-6(13,5(11)12)2-4(9)10;1-2(4)3(5)6;;/h13H,1-2H2,(H,7,8)(H,9,10)(H,11,12);2,4H,1H3,(H,5,6);1H3;/q;;;+3/p-3. The molecule has 12 heteroatoms. The summed E-state index contributed by atoms with van der Waals surface area (Å²) in [4.78, 5) is 39.3. The van der Waals surface area contributed by atoms with Crippen LogP contribution in [0.2, 0.25) is 0 Å². The van der Waals surface area contributed by atoms with E-state index in [1.165, 1.54) is 0 Å². The van der Waals surface area contributed by atoms with Gasteiger partial charge in [-0.1, -0.05) is 0 Å². The molecule has 1 radical (unpaired) electrons. The van der Waals surface area contributed by atoms with Gasteiger partial charge in [-0.05, 0) is 6.92 Å². The third kappa shape index (κ3) is 14.9. The molecule has 0 saturated heterocycles. The van der Waals surface area contributed by atoms with Gasteiger partial charge in [-0.15, -0.1) is 0 Å². The molecular formula is C9H14NO10Zr. The molecule has 1 atom stereocenters. The SMILES string of the molecule is CC(O)C(=O)[O-].O=C([O-])CC(O)(CC(=O)[O-])C(=O)[O-].[NH4+].[Zr+3]. The Labute approximate surface area is 137 Å². The van der Waals surface area contributed by atoms with Gasteiger partial charge in [0.25, 0.3) is 0 Å². The minimum atomic E-state index is -2.97. The number of carbonyl (C=O) groups is 4. The van der Waals surface area contributed by atoms with Gasteiger partial charge in [0.1, 0.15) is 5.60 Å². The third-order valence-corrected chi connectivity index (χ3v) is 1.59. The molecule has 6 N–H and O–H groups in total. The van der Waals surface area contributed by atoms with Crippen molar-refractivity contribution in [3.63, 3.8) is 0 Å². The smallest absolute Gasteiger partial charge is 0.550 e. The summed E-state index contributed by atoms with van der Waals surface area (Å²) in [5.74, 6) is -7.42. The Morgan fingerprint density at radius 1 is 1.00 bits per heavy atom. The van der Waals surface area contributed by atoms with Gasteiger partial charge in [0.05, 0.1) is 18.0 Å². The van der Waals surface area contributed by atoms with Gasteiger partial charge < -0.3 is 56.0 Å². The van der Waals surface area contributed by atoms with E-state index in [0.29, 0.717) is 0 Å². The largest absolute Gasteiger partial charge is 3.00 e. The molecule has 11 nitrogen and oxygen atoms in total. The molecule has 0 heterocycles. The Hall–Kier alpha value is -1.36. The summed E-state index contributed by atoms with van der Waals surface area (Å²) in [6.07, 6.45) is -4.06. The van der Waals surface area contributed by atoms with Crippen molar-refractivity contribution in [2.24, 2.45) is 0 Å². The number of rotatable bonds is 6. The van der Waals surface area contributed by atoms with Crippen LogP contribution >= 0.6 is 0 Å². The quantitative estimate of drug-likeness (QED) is 0.389. The molecule has 1 unspecified atom stereocenters. The number of carbonyl (C=O) groups excluding carboxylic acids is 4. The predicted molar refractivity (Wildman–Crippen MR) is 51.9 cm³/mol. The van der Waals surface area contributed by atoms with Crippen LogP contribution in [0.3, 0.4) is 0 Å². The fourth-order valence-electron chi connectivity index (χ4n) is 0.684. The van der Waals surface area contributed by atoms with Crippen molar-refractivity contribution in [1.82, 2.24) is 6.15 Å². The van der Waals surface area contributed by atoms with Gasteiger partial charge in [-0.25, -0.2) is 0 Å². The molecule has 0 bridgehead atoms. The topological polar surface area (TPSA) is 237 Å². The number of hydrogen-bond donors (Lipinski definition) is 3. The van der Waals surface area contributed by atoms with Gasteiger partial charge in [-0.2, -0.15) is 0 Å². The summed E-state index contributed by atoms with van der Waals surface area (Å²) >= 11 is 0. The van der Waals surface area contributed by atoms with E-state index in [9.17, 15) is 39.6 Å². The summed E-state index contributed by atoms with van der Waals surface area (Å²) < 4.78 is 0. The van der Waals surface area contributed by atoms with Gasteiger partial charge in [-0.3, -0.25) is 0 Å². The van der Waals surface area contributed by atoms with Crippen molar-refractivity contribution >= 4 is 23.9 Å². The van der Waals surface area contributed by atoms with E-state index in [1.54, 1.807) is 0 Å². The van der Waals surface area contributed by atoms with E-state index in [4.69, 9.17) is 10.2 Å². The zero-order valence-electron chi connectivity index (χ0n) is 11.2. The van der Waals surface area contributed by atoms with Crippen LogP contribution in [0.5, 0.6) is 0 Å². The first-order chi connectivity index (χ1) is 8.42. The molecular weight excluding hydrogens is 373 g/mol. The number of quaternary nitrogens is 1. The fraction of sp³-hybridized carbons (Fsp3) is 0.556. The van der Waals surface area contributed by atoms with Gasteiger partial charge in [0, 0.05) is 24.8 Å². The zero-order valence-corrected chi connectivity index (χ0v) is 13.6. The summed E-state index contributed by atoms with van der Waals surface area (Å²) in [5, 5.41) is 56.2. The normalized spacial score (nSPS) is 10.6. The maximum Gasteiger partial charge on any atom is 3.00 e. The fourth-order valence-corrected chi connectivity index (χ4v) is 0.684. The molecule has 0 fully saturated rings. The third-order valence-electron chi connectivity index (χ3n) is 1.59. The van der Waals surface area contributed by atoms with E-state index in [2.05, 4.69) is 0 Å². The number of aliphatic hydroxyl groups is 2. The number of hydrogen-bond acceptors (Lipinski definition) is 10. The van der Waals surface area contributed by atoms with E-state index < -0.39 is 48.4 Å². The first-order valence-electron chi connectivity index (χ1n) is 4.65. The summed E-state index contributed by atoms with van der Waals surface area (Å²) in [5.41, 5.74) is -2.97. The van der Waals surface area contributed by atoms with Crippen molar-refractivity contribution in [1.29, 1.82) is 0 Å². The molecule has 0 aromatic carbocycles. The van der Waals surface area contributed by atoms with E-state index in [-0.39, 0.29) is 32.4 Å². The van der Waals surface area contributed by atoms with Crippen molar-refractivity contribution in [2.45, 2.75) is 31.5 Å². The van der Waals surface area contributed by atoms with E-state index in [0.717, 1.165) is 6.92 Å². The average molecular weight is 387 g/mol. The predicted octanol–water partition coefficient (Wildman–Crippen LogP) is -6.76. The molecule has 0 aliphatic carbocycles. The van der Waals surface area contributed by atoms with Crippen LogP contribution in [0.1, 0.15) is 19.8 Å². The van der Waals surface area contributed by atoms with Crippen LogP contribution in [0.4, 0.5) is 0 Å². The second-order valence-corrected chi connectivity index (χ2v) is 3.41. The molecule has 0 saturated carbocycles. The van der Waals surface area contributed by atoms with Gasteiger partial charge in [0.15, 0.2) is 0 Å². The van der Waals surface area contributed by atoms with Crippen molar-refractivity contribution < 1.29 is 76.0 Å². The Bertz CT molecular complexity index is 354. The summed E-state index contributed by atoms with van der Waals surface area (Å²) in [7, 11) is 0. The second-order valence-electron chi connectivity index (χ2n) is 3.41. The van der Waals surface area contributed by atoms with Gasteiger partial charge >= 0.3 is 26.2 Å². The number of aliphatic hydroxyl groups excluding tert-OH is 1. The first kappa shape index (κ1) is 27.9.